The van der Waals surface area contributed by atoms with E-state index in [1.165, 1.54) is 5.06 Å². The van der Waals surface area contributed by atoms with Crippen LogP contribution in [0, 0.1) is 11.8 Å². The van der Waals surface area contributed by atoms with Gasteiger partial charge in [0.05, 0.1) is 25.2 Å². The van der Waals surface area contributed by atoms with Gasteiger partial charge in [-0.25, -0.2) is 5.06 Å². The third-order valence-electron chi connectivity index (χ3n) is 5.67. The van der Waals surface area contributed by atoms with Crippen molar-refractivity contribution in [2.75, 3.05) is 39.5 Å². The molecule has 134 valence electrons. The van der Waals surface area contributed by atoms with Gasteiger partial charge in [0.1, 0.15) is 6.10 Å². The van der Waals surface area contributed by atoms with Gasteiger partial charge < -0.3 is 14.4 Å². The van der Waals surface area contributed by atoms with Crippen LogP contribution in [0.15, 0.2) is 0 Å². The van der Waals surface area contributed by atoms with Crippen LogP contribution in [0.4, 0.5) is 0 Å². The molecule has 4 atom stereocenters. The van der Waals surface area contributed by atoms with Crippen LogP contribution in [0.1, 0.15) is 32.1 Å². The van der Waals surface area contributed by atoms with E-state index in [2.05, 4.69) is 0 Å². The molecule has 4 heterocycles. The highest BCUT2D eigenvalue weighted by molar-refractivity contribution is 5.81. The Labute approximate surface area is 142 Å². The Bertz CT molecular complexity index is 487. The lowest BCUT2D eigenvalue weighted by atomic mass is 9.91. The largest absolute Gasteiger partial charge is 0.381 e. The van der Waals surface area contributed by atoms with Gasteiger partial charge in [-0.2, -0.15) is 0 Å². The summed E-state index contributed by atoms with van der Waals surface area (Å²) in [5, 5.41) is 1.48. The summed E-state index contributed by atoms with van der Waals surface area (Å²) in [6, 6.07) is 0. The van der Waals surface area contributed by atoms with Crippen molar-refractivity contribution < 1.29 is 23.9 Å². The predicted molar refractivity (Wildman–Crippen MR) is 83.8 cm³/mol. The smallest absolute Gasteiger partial charge is 0.275 e. The van der Waals surface area contributed by atoms with Gasteiger partial charge in [0.25, 0.3) is 5.91 Å². The second-order valence-corrected chi connectivity index (χ2v) is 7.27. The maximum Gasteiger partial charge on any atom is 0.275 e. The number of rotatable bonds is 2. The summed E-state index contributed by atoms with van der Waals surface area (Å²) in [5.74, 6) is 0.504. The molecule has 0 aromatic heterocycles. The summed E-state index contributed by atoms with van der Waals surface area (Å²) < 4.78 is 11.4. The normalized spacial score (nSPS) is 36.7. The first-order valence-electron chi connectivity index (χ1n) is 9.18. The van der Waals surface area contributed by atoms with Crippen LogP contribution in [0.3, 0.4) is 0 Å². The lowest BCUT2D eigenvalue weighted by Gasteiger charge is -2.35. The second kappa shape index (κ2) is 6.98. The van der Waals surface area contributed by atoms with E-state index in [0.29, 0.717) is 38.8 Å². The fourth-order valence-electron chi connectivity index (χ4n) is 4.21. The molecule has 4 rings (SSSR count). The Hall–Kier alpha value is -1.18. The van der Waals surface area contributed by atoms with Crippen molar-refractivity contribution in [3.63, 3.8) is 0 Å². The van der Waals surface area contributed by atoms with Gasteiger partial charge >= 0.3 is 0 Å². The molecule has 7 nitrogen and oxygen atoms in total. The zero-order chi connectivity index (χ0) is 16.5. The van der Waals surface area contributed by atoms with Crippen molar-refractivity contribution in [1.29, 1.82) is 0 Å². The van der Waals surface area contributed by atoms with Gasteiger partial charge in [-0.15, -0.1) is 0 Å². The number of nitrogens with zero attached hydrogens (tertiary/aromatic N) is 2. The summed E-state index contributed by atoms with van der Waals surface area (Å²) in [6.45, 7) is 3.85. The molecule has 4 aliphatic heterocycles. The maximum atomic E-state index is 12.5. The molecular formula is C17H26N2O5. The first-order valence-corrected chi connectivity index (χ1v) is 9.18. The topological polar surface area (TPSA) is 68.3 Å². The quantitative estimate of drug-likeness (QED) is 0.737. The SMILES string of the molecule is O=C(C1CCOC1)N1CC[C@H]2C[C@@H](C(=O)N3CCCCO3)O[C@@H]2C1. The molecular weight excluding hydrogens is 312 g/mol. The van der Waals surface area contributed by atoms with E-state index in [-0.39, 0.29) is 23.8 Å². The first-order chi connectivity index (χ1) is 11.7. The molecule has 0 bridgehead atoms. The van der Waals surface area contributed by atoms with Crippen molar-refractivity contribution >= 4 is 11.8 Å². The van der Waals surface area contributed by atoms with Crippen molar-refractivity contribution in [2.45, 2.75) is 44.3 Å². The van der Waals surface area contributed by atoms with Crippen LogP contribution in [0.5, 0.6) is 0 Å². The number of piperidine rings is 1. The van der Waals surface area contributed by atoms with Crippen LogP contribution in [-0.4, -0.2) is 73.4 Å². The van der Waals surface area contributed by atoms with Crippen molar-refractivity contribution in [1.82, 2.24) is 9.96 Å². The second-order valence-electron chi connectivity index (χ2n) is 7.27. The van der Waals surface area contributed by atoms with Crippen LogP contribution in [0.25, 0.3) is 0 Å². The lowest BCUT2D eigenvalue weighted by molar-refractivity contribution is -0.206. The Morgan fingerprint density at radius 1 is 1.00 bits per heavy atom. The molecule has 0 saturated carbocycles. The molecule has 0 aromatic rings. The molecule has 0 N–H and O–H groups in total. The van der Waals surface area contributed by atoms with E-state index in [1.54, 1.807) is 0 Å². The Kier molecular flexibility index (Phi) is 4.74. The van der Waals surface area contributed by atoms with Crippen LogP contribution >= 0.6 is 0 Å². The van der Waals surface area contributed by atoms with Crippen LogP contribution < -0.4 is 0 Å². The van der Waals surface area contributed by atoms with Crippen LogP contribution in [0.2, 0.25) is 0 Å². The predicted octanol–water partition coefficient (Wildman–Crippen LogP) is 0.583. The monoisotopic (exact) mass is 338 g/mol. The molecule has 4 aliphatic rings. The molecule has 1 unspecified atom stereocenters. The highest BCUT2D eigenvalue weighted by Gasteiger charge is 2.45. The first kappa shape index (κ1) is 16.3. The Balaban J connectivity index is 1.33. The molecule has 24 heavy (non-hydrogen) atoms. The molecule has 0 aliphatic carbocycles. The van der Waals surface area contributed by atoms with Gasteiger partial charge in [-0.05, 0) is 38.0 Å². The van der Waals surface area contributed by atoms with Gasteiger partial charge in [-0.1, -0.05) is 0 Å². The van der Waals surface area contributed by atoms with Gasteiger partial charge in [0.2, 0.25) is 5.91 Å². The van der Waals surface area contributed by atoms with E-state index >= 15 is 0 Å². The number of hydrogen-bond donors (Lipinski definition) is 0. The van der Waals surface area contributed by atoms with E-state index < -0.39 is 6.10 Å². The van der Waals surface area contributed by atoms with Gasteiger partial charge in [0, 0.05) is 26.2 Å². The van der Waals surface area contributed by atoms with Crippen LogP contribution in [-0.2, 0) is 23.9 Å². The minimum absolute atomic E-state index is 0.00197. The number of carbonyl (C=O) groups excluding carboxylic acids is 2. The van der Waals surface area contributed by atoms with E-state index in [0.717, 1.165) is 38.6 Å². The summed E-state index contributed by atoms with van der Waals surface area (Å²) in [6.07, 6.45) is 4.02. The Morgan fingerprint density at radius 2 is 1.92 bits per heavy atom. The van der Waals surface area contributed by atoms with E-state index in [4.69, 9.17) is 14.3 Å². The number of ether oxygens (including phenoxy) is 2. The number of hydroxylamine groups is 2. The minimum atomic E-state index is -0.414. The number of hydrogen-bond acceptors (Lipinski definition) is 5. The molecule has 0 radical (unpaired) electrons. The van der Waals surface area contributed by atoms with Crippen molar-refractivity contribution in [2.24, 2.45) is 11.8 Å². The minimum Gasteiger partial charge on any atom is -0.381 e. The van der Waals surface area contributed by atoms with Gasteiger partial charge in [-0.3, -0.25) is 14.4 Å². The fraction of sp³-hybridized carbons (Fsp3) is 0.882. The zero-order valence-corrected chi connectivity index (χ0v) is 14.0. The molecule has 4 fully saturated rings. The molecule has 0 aromatic carbocycles. The number of carbonyl (C=O) groups is 2. The van der Waals surface area contributed by atoms with Crippen molar-refractivity contribution in [3.05, 3.63) is 0 Å². The number of amides is 2. The summed E-state index contributed by atoms with van der Waals surface area (Å²) in [7, 11) is 0. The zero-order valence-electron chi connectivity index (χ0n) is 14.0. The average molecular weight is 338 g/mol. The number of likely N-dealkylation sites (tertiary alicyclic amines) is 1. The van der Waals surface area contributed by atoms with E-state index in [1.807, 2.05) is 4.90 Å². The summed E-state index contributed by atoms with van der Waals surface area (Å²) in [5.41, 5.74) is 0. The lowest BCUT2D eigenvalue weighted by Crippen LogP contribution is -2.47. The molecule has 7 heteroatoms. The fourth-order valence-corrected chi connectivity index (χ4v) is 4.21. The summed E-state index contributed by atoms with van der Waals surface area (Å²) >= 11 is 0. The van der Waals surface area contributed by atoms with Crippen molar-refractivity contribution in [3.8, 4) is 0 Å². The highest BCUT2D eigenvalue weighted by Crippen LogP contribution is 2.35. The molecule has 0 spiro atoms. The number of fused-ring (bicyclic) bond motifs is 1. The highest BCUT2D eigenvalue weighted by atomic mass is 16.7. The van der Waals surface area contributed by atoms with E-state index in [9.17, 15) is 9.59 Å². The third kappa shape index (κ3) is 3.17. The maximum absolute atomic E-state index is 12.5. The molecule has 4 saturated heterocycles. The standard InChI is InChI=1S/C17H26N2O5/c20-16(13-4-8-22-11-13)18-6-3-12-9-14(24-15(12)10-18)17(21)19-5-1-2-7-23-19/h12-15H,1-11H2/t12-,13?,14-,15+/m0/s1. The van der Waals surface area contributed by atoms with Gasteiger partial charge in [0.15, 0.2) is 0 Å². The Morgan fingerprint density at radius 3 is 2.67 bits per heavy atom. The average Bonchev–Trinajstić information content (AvgIpc) is 3.30. The third-order valence-corrected chi connectivity index (χ3v) is 5.67. The molecule has 2 amide bonds. The summed E-state index contributed by atoms with van der Waals surface area (Å²) in [4.78, 5) is 32.5.